The molecule has 1 atom stereocenters. The molecule has 3 N–H and O–H groups in total. The van der Waals surface area contributed by atoms with Crippen LogP contribution < -0.4 is 10.6 Å². The highest BCUT2D eigenvalue weighted by Gasteiger charge is 2.03. The highest BCUT2D eigenvalue weighted by Crippen LogP contribution is 2.15. The van der Waals surface area contributed by atoms with Gasteiger partial charge >= 0.3 is 0 Å². The number of alkyl halides is 1. The smallest absolute Gasteiger partial charge is 0.224 e. The van der Waals surface area contributed by atoms with Gasteiger partial charge in [-0.25, -0.2) is 0 Å². The van der Waals surface area contributed by atoms with Gasteiger partial charge in [0.1, 0.15) is 0 Å². The molecular formula is C12H17ClN2O2. The lowest BCUT2D eigenvalue weighted by atomic mass is 10.2. The summed E-state index contributed by atoms with van der Waals surface area (Å²) in [6, 6.07) is 7.33. The van der Waals surface area contributed by atoms with Gasteiger partial charge in [0.15, 0.2) is 0 Å². The fourth-order valence-corrected chi connectivity index (χ4v) is 1.36. The summed E-state index contributed by atoms with van der Waals surface area (Å²) < 4.78 is 0. The van der Waals surface area contributed by atoms with Crippen LogP contribution in [-0.4, -0.2) is 29.5 Å². The van der Waals surface area contributed by atoms with Gasteiger partial charge in [-0.3, -0.25) is 4.79 Å². The third-order valence-electron chi connectivity index (χ3n) is 2.19. The minimum Gasteiger partial charge on any atom is -0.390 e. The van der Waals surface area contributed by atoms with Crippen molar-refractivity contribution in [2.24, 2.45) is 0 Å². The minimum atomic E-state index is -0.578. The van der Waals surface area contributed by atoms with Crippen molar-refractivity contribution < 1.29 is 9.90 Å². The minimum absolute atomic E-state index is 0.0251. The number of benzene rings is 1. The van der Waals surface area contributed by atoms with E-state index in [1.807, 2.05) is 24.3 Å². The third-order valence-corrected chi connectivity index (χ3v) is 2.54. The predicted octanol–water partition coefficient (Wildman–Crippen LogP) is 2.05. The van der Waals surface area contributed by atoms with E-state index in [0.29, 0.717) is 13.0 Å². The van der Waals surface area contributed by atoms with E-state index in [2.05, 4.69) is 10.6 Å². The van der Waals surface area contributed by atoms with E-state index < -0.39 is 6.10 Å². The van der Waals surface area contributed by atoms with Crippen molar-refractivity contribution in [3.05, 3.63) is 24.3 Å². The Labute approximate surface area is 106 Å². The number of anilines is 2. The Bertz CT molecular complexity index is 371. The number of carbonyl (C=O) groups excluding carboxylic acids is 1. The average Bonchev–Trinajstić information content (AvgIpc) is 2.36. The van der Waals surface area contributed by atoms with Crippen molar-refractivity contribution in [3.8, 4) is 0 Å². The van der Waals surface area contributed by atoms with Gasteiger partial charge in [-0.1, -0.05) is 13.0 Å². The topological polar surface area (TPSA) is 61.4 Å². The van der Waals surface area contributed by atoms with Crippen LogP contribution in [0, 0.1) is 0 Å². The first kappa shape index (κ1) is 13.8. The van der Waals surface area contributed by atoms with Gasteiger partial charge in [-0.15, -0.1) is 11.6 Å². The molecule has 0 aliphatic rings. The molecule has 1 amide bonds. The second-order valence-electron chi connectivity index (χ2n) is 3.67. The second kappa shape index (κ2) is 7.14. The number of halogens is 1. The summed E-state index contributed by atoms with van der Waals surface area (Å²) in [5, 5.41) is 15.1. The first-order chi connectivity index (χ1) is 8.15. The lowest BCUT2D eigenvalue weighted by molar-refractivity contribution is -0.115. The van der Waals surface area contributed by atoms with Crippen molar-refractivity contribution in [1.82, 2.24) is 0 Å². The molecule has 0 bridgehead atoms. The van der Waals surface area contributed by atoms with E-state index in [0.717, 1.165) is 11.4 Å². The molecule has 5 heteroatoms. The summed E-state index contributed by atoms with van der Waals surface area (Å²) in [5.74, 6) is 0.169. The molecular weight excluding hydrogens is 240 g/mol. The Balaban J connectivity index is 2.56. The molecule has 4 nitrogen and oxygen atoms in total. The van der Waals surface area contributed by atoms with Gasteiger partial charge in [0.2, 0.25) is 5.91 Å². The highest BCUT2D eigenvalue weighted by atomic mass is 35.5. The van der Waals surface area contributed by atoms with E-state index >= 15 is 0 Å². The van der Waals surface area contributed by atoms with E-state index in [1.165, 1.54) is 0 Å². The van der Waals surface area contributed by atoms with Crippen LogP contribution in [0.25, 0.3) is 0 Å². The van der Waals surface area contributed by atoms with Crippen molar-refractivity contribution in [3.63, 3.8) is 0 Å². The molecule has 0 spiro atoms. The van der Waals surface area contributed by atoms with E-state index in [-0.39, 0.29) is 11.8 Å². The molecule has 0 saturated carbocycles. The largest absolute Gasteiger partial charge is 0.390 e. The van der Waals surface area contributed by atoms with Gasteiger partial charge in [-0.05, 0) is 18.2 Å². The van der Waals surface area contributed by atoms with Crippen LogP contribution in [0.1, 0.15) is 13.3 Å². The number of hydrogen-bond acceptors (Lipinski definition) is 3. The summed E-state index contributed by atoms with van der Waals surface area (Å²) in [6.07, 6.45) is -0.131. The van der Waals surface area contributed by atoms with Crippen molar-refractivity contribution in [1.29, 1.82) is 0 Å². The first-order valence-electron chi connectivity index (χ1n) is 5.53. The van der Waals surface area contributed by atoms with Gasteiger partial charge in [0.25, 0.3) is 0 Å². The molecule has 1 aromatic rings. The van der Waals surface area contributed by atoms with E-state index in [9.17, 15) is 9.90 Å². The summed E-state index contributed by atoms with van der Waals surface area (Å²) in [7, 11) is 0. The molecule has 1 rings (SSSR count). The number of rotatable bonds is 6. The first-order valence-corrected chi connectivity index (χ1v) is 6.07. The molecule has 1 unspecified atom stereocenters. The second-order valence-corrected chi connectivity index (χ2v) is 3.98. The maximum absolute atomic E-state index is 11.2. The van der Waals surface area contributed by atoms with Gasteiger partial charge in [0, 0.05) is 24.3 Å². The third kappa shape index (κ3) is 5.06. The lowest BCUT2D eigenvalue weighted by Crippen LogP contribution is -2.20. The number of carbonyl (C=O) groups is 1. The highest BCUT2D eigenvalue weighted by molar-refractivity contribution is 6.18. The van der Waals surface area contributed by atoms with Crippen LogP contribution >= 0.6 is 11.6 Å². The monoisotopic (exact) mass is 256 g/mol. The van der Waals surface area contributed by atoms with Crippen molar-refractivity contribution in [2.75, 3.05) is 23.1 Å². The molecule has 17 heavy (non-hydrogen) atoms. The normalized spacial score (nSPS) is 11.9. The van der Waals surface area contributed by atoms with Crippen LogP contribution in [0.5, 0.6) is 0 Å². The summed E-state index contributed by atoms with van der Waals surface area (Å²) >= 11 is 5.49. The Morgan fingerprint density at radius 2 is 2.18 bits per heavy atom. The van der Waals surface area contributed by atoms with Gasteiger partial charge < -0.3 is 15.7 Å². The van der Waals surface area contributed by atoms with Crippen LogP contribution in [0.2, 0.25) is 0 Å². The molecule has 0 heterocycles. The Morgan fingerprint density at radius 3 is 2.82 bits per heavy atom. The molecule has 1 aromatic carbocycles. The summed E-state index contributed by atoms with van der Waals surface area (Å²) in [6.45, 7) is 2.18. The number of amides is 1. The average molecular weight is 257 g/mol. The Hall–Kier alpha value is -1.26. The molecule has 94 valence electrons. The van der Waals surface area contributed by atoms with Gasteiger partial charge in [0.05, 0.1) is 12.0 Å². The predicted molar refractivity (Wildman–Crippen MR) is 70.6 cm³/mol. The Morgan fingerprint density at radius 1 is 1.47 bits per heavy atom. The van der Waals surface area contributed by atoms with Crippen LogP contribution in [0.4, 0.5) is 11.4 Å². The SMILES string of the molecule is CCC(=O)Nc1cccc(NCC(O)CCl)c1. The number of aliphatic hydroxyl groups excluding tert-OH is 1. The van der Waals surface area contributed by atoms with Crippen LogP contribution in [-0.2, 0) is 4.79 Å². The van der Waals surface area contributed by atoms with Gasteiger partial charge in [-0.2, -0.15) is 0 Å². The molecule has 0 aromatic heterocycles. The molecule has 0 fully saturated rings. The lowest BCUT2D eigenvalue weighted by Gasteiger charge is -2.11. The maximum Gasteiger partial charge on any atom is 0.224 e. The molecule has 0 saturated heterocycles. The number of nitrogens with one attached hydrogen (secondary N) is 2. The fourth-order valence-electron chi connectivity index (χ4n) is 1.25. The van der Waals surface area contributed by atoms with Crippen LogP contribution in [0.15, 0.2) is 24.3 Å². The molecule has 0 aliphatic carbocycles. The zero-order valence-corrected chi connectivity index (χ0v) is 10.5. The summed E-state index contributed by atoms with van der Waals surface area (Å²) in [5.41, 5.74) is 1.57. The zero-order valence-electron chi connectivity index (χ0n) is 9.74. The van der Waals surface area contributed by atoms with Crippen molar-refractivity contribution >= 4 is 28.9 Å². The Kier molecular flexibility index (Phi) is 5.80. The zero-order chi connectivity index (χ0) is 12.7. The summed E-state index contributed by atoms with van der Waals surface area (Å²) in [4.78, 5) is 11.2. The van der Waals surface area contributed by atoms with E-state index in [4.69, 9.17) is 11.6 Å². The quantitative estimate of drug-likeness (QED) is 0.683. The molecule has 0 aliphatic heterocycles. The van der Waals surface area contributed by atoms with E-state index in [1.54, 1.807) is 6.92 Å². The van der Waals surface area contributed by atoms with Crippen molar-refractivity contribution in [2.45, 2.75) is 19.4 Å². The van der Waals surface area contributed by atoms with Crippen LogP contribution in [0.3, 0.4) is 0 Å². The number of aliphatic hydroxyl groups is 1. The fraction of sp³-hybridized carbons (Fsp3) is 0.417. The molecule has 0 radical (unpaired) electrons. The standard InChI is InChI=1S/C12H17ClN2O2/c1-2-12(17)15-10-5-3-4-9(6-10)14-8-11(16)7-13/h3-6,11,14,16H,2,7-8H2,1H3,(H,15,17). The number of hydrogen-bond donors (Lipinski definition) is 3. The maximum atomic E-state index is 11.2.